The second kappa shape index (κ2) is 6.51. The van der Waals surface area contributed by atoms with Crippen molar-refractivity contribution in [2.24, 2.45) is 0 Å². The van der Waals surface area contributed by atoms with Crippen molar-refractivity contribution in [1.82, 2.24) is 4.31 Å². The number of sulfonamides is 1. The maximum absolute atomic E-state index is 13.4. The lowest BCUT2D eigenvalue weighted by atomic mass is 10.2. The summed E-state index contributed by atoms with van der Waals surface area (Å²) in [6, 6.07) is 1.64. The van der Waals surface area contributed by atoms with Gasteiger partial charge in [-0.2, -0.15) is 16.2 Å². The molecule has 6 nitrogen and oxygen atoms in total. The van der Waals surface area contributed by atoms with E-state index in [0.717, 1.165) is 16.4 Å². The van der Waals surface area contributed by atoms with Gasteiger partial charge in [-0.3, -0.25) is 10.1 Å². The highest BCUT2D eigenvalue weighted by Crippen LogP contribution is 2.27. The van der Waals surface area contributed by atoms with Crippen LogP contribution >= 0.6 is 11.8 Å². The summed E-state index contributed by atoms with van der Waals surface area (Å²) in [5, 5.41) is 10.7. The summed E-state index contributed by atoms with van der Waals surface area (Å²) in [7, 11) is -2.48. The van der Waals surface area contributed by atoms with E-state index in [1.54, 1.807) is 0 Å². The first-order chi connectivity index (χ1) is 9.21. The van der Waals surface area contributed by atoms with Crippen LogP contribution in [0.5, 0.6) is 0 Å². The van der Waals surface area contributed by atoms with Gasteiger partial charge >= 0.3 is 5.69 Å². The van der Waals surface area contributed by atoms with Crippen molar-refractivity contribution in [3.8, 4) is 0 Å². The number of nitro groups is 1. The van der Waals surface area contributed by atoms with Crippen molar-refractivity contribution in [2.45, 2.75) is 11.8 Å². The van der Waals surface area contributed by atoms with E-state index in [1.807, 2.05) is 6.26 Å². The van der Waals surface area contributed by atoms with Crippen molar-refractivity contribution in [1.29, 1.82) is 0 Å². The van der Waals surface area contributed by atoms with Gasteiger partial charge in [-0.05, 0) is 24.8 Å². The second-order valence-electron chi connectivity index (χ2n) is 4.15. The fraction of sp³-hybridized carbons (Fsp3) is 0.455. The first kappa shape index (κ1) is 16.9. The topological polar surface area (TPSA) is 80.5 Å². The van der Waals surface area contributed by atoms with Crippen LogP contribution in [-0.4, -0.2) is 43.2 Å². The largest absolute Gasteiger partial charge is 0.306 e. The van der Waals surface area contributed by atoms with Crippen LogP contribution in [-0.2, 0) is 10.0 Å². The molecule has 0 radical (unpaired) electrons. The van der Waals surface area contributed by atoms with Crippen molar-refractivity contribution in [2.75, 3.05) is 25.6 Å². The third-order valence-corrected chi connectivity index (χ3v) is 5.33. The number of hydrogen-bond acceptors (Lipinski definition) is 5. The SMILES string of the molecule is CSCCN(C)S(=O)(=O)c1cc([N+](=O)[O-])c(F)cc1C. The highest BCUT2D eigenvalue weighted by atomic mass is 32.2. The molecule has 0 N–H and O–H groups in total. The Labute approximate surface area is 121 Å². The number of nitro benzene ring substituents is 1. The van der Waals surface area contributed by atoms with E-state index in [2.05, 4.69) is 0 Å². The van der Waals surface area contributed by atoms with E-state index in [9.17, 15) is 22.9 Å². The van der Waals surface area contributed by atoms with E-state index >= 15 is 0 Å². The van der Waals surface area contributed by atoms with Gasteiger partial charge in [-0.25, -0.2) is 12.7 Å². The highest BCUT2D eigenvalue weighted by Gasteiger charge is 2.27. The van der Waals surface area contributed by atoms with E-state index in [-0.39, 0.29) is 17.0 Å². The molecule has 1 aromatic rings. The molecule has 112 valence electrons. The van der Waals surface area contributed by atoms with Gasteiger partial charge < -0.3 is 0 Å². The summed E-state index contributed by atoms with van der Waals surface area (Å²) < 4.78 is 39.2. The number of thioether (sulfide) groups is 1. The van der Waals surface area contributed by atoms with E-state index < -0.39 is 26.5 Å². The standard InChI is InChI=1S/C11H15FN2O4S2/c1-8-6-9(12)10(14(15)16)7-11(8)20(17,18)13(2)4-5-19-3/h6-7H,4-5H2,1-3H3. The quantitative estimate of drug-likeness (QED) is 0.591. The molecule has 0 heterocycles. The first-order valence-electron chi connectivity index (χ1n) is 5.61. The van der Waals surface area contributed by atoms with Crippen molar-refractivity contribution < 1.29 is 17.7 Å². The Hall–Kier alpha value is -1.19. The summed E-state index contributed by atoms with van der Waals surface area (Å²) in [4.78, 5) is 9.53. The molecule has 0 atom stereocenters. The van der Waals surface area contributed by atoms with Gasteiger partial charge in [0.15, 0.2) is 0 Å². The molecule has 0 aliphatic heterocycles. The molecule has 0 saturated carbocycles. The number of rotatable bonds is 6. The number of aryl methyl sites for hydroxylation is 1. The van der Waals surface area contributed by atoms with Gasteiger partial charge in [-0.1, -0.05) is 0 Å². The van der Waals surface area contributed by atoms with Crippen LogP contribution in [0, 0.1) is 22.9 Å². The van der Waals surface area contributed by atoms with Crippen molar-refractivity contribution in [3.63, 3.8) is 0 Å². The summed E-state index contributed by atoms with van der Waals surface area (Å²) in [6.07, 6.45) is 1.84. The lowest BCUT2D eigenvalue weighted by molar-refractivity contribution is -0.387. The fourth-order valence-electron chi connectivity index (χ4n) is 1.57. The monoisotopic (exact) mass is 322 g/mol. The van der Waals surface area contributed by atoms with Gasteiger partial charge in [0.2, 0.25) is 15.8 Å². The van der Waals surface area contributed by atoms with E-state index in [4.69, 9.17) is 0 Å². The predicted molar refractivity (Wildman–Crippen MR) is 76.0 cm³/mol. The zero-order valence-corrected chi connectivity index (χ0v) is 12.9. The molecule has 1 rings (SSSR count). The zero-order valence-electron chi connectivity index (χ0n) is 11.3. The Morgan fingerprint density at radius 2 is 2.05 bits per heavy atom. The van der Waals surface area contributed by atoms with Crippen LogP contribution in [0.4, 0.5) is 10.1 Å². The Bertz CT molecular complexity index is 619. The number of hydrogen-bond donors (Lipinski definition) is 0. The van der Waals surface area contributed by atoms with Gasteiger partial charge in [-0.15, -0.1) is 0 Å². The average Bonchev–Trinajstić information content (AvgIpc) is 2.34. The third kappa shape index (κ3) is 3.47. The molecular weight excluding hydrogens is 307 g/mol. The number of benzene rings is 1. The van der Waals surface area contributed by atoms with Crippen LogP contribution < -0.4 is 0 Å². The molecule has 1 aromatic carbocycles. The molecule has 0 saturated heterocycles. The number of nitrogens with zero attached hydrogens (tertiary/aromatic N) is 2. The molecule has 20 heavy (non-hydrogen) atoms. The van der Waals surface area contributed by atoms with Crippen LogP contribution in [0.25, 0.3) is 0 Å². The Balaban J connectivity index is 3.31. The molecule has 0 spiro atoms. The molecule has 0 aliphatic rings. The summed E-state index contributed by atoms with van der Waals surface area (Å²) in [5.74, 6) is -0.448. The molecule has 0 unspecified atom stereocenters. The summed E-state index contributed by atoms with van der Waals surface area (Å²) in [5.41, 5.74) is -0.698. The maximum atomic E-state index is 13.4. The Kier molecular flexibility index (Phi) is 5.49. The fourth-order valence-corrected chi connectivity index (χ4v) is 3.53. The summed E-state index contributed by atoms with van der Waals surface area (Å²) in [6.45, 7) is 1.68. The molecule has 0 aromatic heterocycles. The molecular formula is C11H15FN2O4S2. The molecule has 0 aliphatic carbocycles. The van der Waals surface area contributed by atoms with Crippen LogP contribution in [0.15, 0.2) is 17.0 Å². The summed E-state index contributed by atoms with van der Waals surface area (Å²) >= 11 is 1.48. The molecule has 0 bridgehead atoms. The average molecular weight is 322 g/mol. The van der Waals surface area contributed by atoms with Crippen molar-refractivity contribution in [3.05, 3.63) is 33.6 Å². The third-order valence-electron chi connectivity index (χ3n) is 2.74. The van der Waals surface area contributed by atoms with Gasteiger partial charge in [0.1, 0.15) is 0 Å². The van der Waals surface area contributed by atoms with E-state index in [1.165, 1.54) is 25.7 Å². The van der Waals surface area contributed by atoms with E-state index in [0.29, 0.717) is 5.75 Å². The smallest absolute Gasteiger partial charge is 0.258 e. The molecule has 0 fully saturated rings. The second-order valence-corrected chi connectivity index (χ2v) is 7.14. The minimum Gasteiger partial charge on any atom is -0.258 e. The predicted octanol–water partition coefficient (Wildman–Crippen LogP) is 2.03. The van der Waals surface area contributed by atoms with Crippen molar-refractivity contribution >= 4 is 27.5 Å². The number of halogens is 1. The molecule has 0 amide bonds. The van der Waals surface area contributed by atoms with Crippen LogP contribution in [0.1, 0.15) is 5.56 Å². The Morgan fingerprint density at radius 3 is 2.55 bits per heavy atom. The first-order valence-corrected chi connectivity index (χ1v) is 8.45. The van der Waals surface area contributed by atoms with Gasteiger partial charge in [0.25, 0.3) is 0 Å². The zero-order chi connectivity index (χ0) is 15.5. The maximum Gasteiger partial charge on any atom is 0.306 e. The Morgan fingerprint density at radius 1 is 1.45 bits per heavy atom. The van der Waals surface area contributed by atoms with Gasteiger partial charge in [0.05, 0.1) is 9.82 Å². The minimum absolute atomic E-state index is 0.143. The highest BCUT2D eigenvalue weighted by molar-refractivity contribution is 7.98. The van der Waals surface area contributed by atoms with Crippen LogP contribution in [0.3, 0.4) is 0 Å². The minimum atomic E-state index is -3.87. The normalized spacial score (nSPS) is 11.8. The van der Waals surface area contributed by atoms with Crippen LogP contribution in [0.2, 0.25) is 0 Å². The molecule has 9 heteroatoms. The van der Waals surface area contributed by atoms with Gasteiger partial charge in [0, 0.05) is 25.4 Å². The lowest BCUT2D eigenvalue weighted by Gasteiger charge is -2.18. The lowest BCUT2D eigenvalue weighted by Crippen LogP contribution is -2.29.